The van der Waals surface area contributed by atoms with Gasteiger partial charge in [-0.2, -0.15) is 0 Å². The summed E-state index contributed by atoms with van der Waals surface area (Å²) in [6, 6.07) is 0.362. The van der Waals surface area contributed by atoms with Crippen LogP contribution in [0.15, 0.2) is 6.20 Å². The fourth-order valence-corrected chi connectivity index (χ4v) is 2.56. The van der Waals surface area contributed by atoms with Crippen LogP contribution >= 0.6 is 0 Å². The number of rotatable bonds is 4. The Morgan fingerprint density at radius 3 is 3.00 bits per heavy atom. The number of hydrogen-bond acceptors (Lipinski definition) is 4. The van der Waals surface area contributed by atoms with Gasteiger partial charge in [0.25, 0.3) is 0 Å². The Bertz CT molecular complexity index is 430. The maximum atomic E-state index is 12.3. The van der Waals surface area contributed by atoms with Crippen LogP contribution < -0.4 is 0 Å². The number of aliphatic hydroxyl groups excluding tert-OH is 1. The molecule has 1 N–H and O–H groups in total. The van der Waals surface area contributed by atoms with Crippen molar-refractivity contribution in [3.05, 3.63) is 11.9 Å². The number of aliphatic hydroxyl groups is 1. The van der Waals surface area contributed by atoms with Gasteiger partial charge in [-0.1, -0.05) is 12.1 Å². The monoisotopic (exact) mass is 266 g/mol. The van der Waals surface area contributed by atoms with Crippen molar-refractivity contribution in [2.24, 2.45) is 0 Å². The quantitative estimate of drug-likeness (QED) is 0.886. The Hall–Kier alpha value is -1.43. The van der Waals surface area contributed by atoms with Crippen LogP contribution in [0.1, 0.15) is 51.3 Å². The van der Waals surface area contributed by atoms with Crippen LogP contribution in [-0.2, 0) is 11.3 Å². The predicted molar refractivity (Wildman–Crippen MR) is 70.3 cm³/mol. The maximum Gasteiger partial charge on any atom is 0.244 e. The SMILES string of the molecule is CCC1CCCCN1C(=O)Cn1cc(C(C)O)nn1. The molecule has 1 saturated heterocycles. The third-order valence-corrected chi connectivity index (χ3v) is 3.70. The van der Waals surface area contributed by atoms with Crippen LogP contribution in [0.2, 0.25) is 0 Å². The zero-order valence-corrected chi connectivity index (χ0v) is 11.6. The Morgan fingerprint density at radius 2 is 2.37 bits per heavy atom. The fraction of sp³-hybridized carbons (Fsp3) is 0.769. The van der Waals surface area contributed by atoms with Crippen molar-refractivity contribution in [2.75, 3.05) is 6.54 Å². The van der Waals surface area contributed by atoms with E-state index in [1.807, 2.05) is 4.90 Å². The van der Waals surface area contributed by atoms with E-state index in [0.717, 1.165) is 25.8 Å². The Morgan fingerprint density at radius 1 is 1.58 bits per heavy atom. The minimum atomic E-state index is -0.651. The average Bonchev–Trinajstić information content (AvgIpc) is 2.87. The Labute approximate surface area is 113 Å². The lowest BCUT2D eigenvalue weighted by atomic mass is 10.00. The standard InChI is InChI=1S/C13H22N4O2/c1-3-11-6-4-5-7-17(11)13(19)9-16-8-12(10(2)18)14-15-16/h8,10-11,18H,3-7,9H2,1-2H3. The van der Waals surface area contributed by atoms with E-state index in [0.29, 0.717) is 11.7 Å². The lowest BCUT2D eigenvalue weighted by molar-refractivity contribution is -0.135. The second kappa shape index (κ2) is 6.14. The molecule has 1 fully saturated rings. The number of likely N-dealkylation sites (tertiary alicyclic amines) is 1. The van der Waals surface area contributed by atoms with Crippen LogP contribution in [0.4, 0.5) is 0 Å². The van der Waals surface area contributed by atoms with E-state index in [2.05, 4.69) is 17.2 Å². The summed E-state index contributed by atoms with van der Waals surface area (Å²) in [5.41, 5.74) is 0.499. The molecule has 1 aromatic rings. The van der Waals surface area contributed by atoms with Gasteiger partial charge >= 0.3 is 0 Å². The molecule has 6 nitrogen and oxygen atoms in total. The summed E-state index contributed by atoms with van der Waals surface area (Å²) in [7, 11) is 0. The minimum absolute atomic E-state index is 0.0913. The van der Waals surface area contributed by atoms with Crippen molar-refractivity contribution < 1.29 is 9.90 Å². The summed E-state index contributed by atoms with van der Waals surface area (Å²) in [6.07, 6.45) is 5.37. The van der Waals surface area contributed by atoms with Crippen molar-refractivity contribution in [3.8, 4) is 0 Å². The van der Waals surface area contributed by atoms with E-state index < -0.39 is 6.10 Å². The lowest BCUT2D eigenvalue weighted by Gasteiger charge is -2.35. The number of hydrogen-bond donors (Lipinski definition) is 1. The van der Waals surface area contributed by atoms with Gasteiger partial charge in [0.15, 0.2) is 0 Å². The van der Waals surface area contributed by atoms with Gasteiger partial charge in [0.05, 0.1) is 12.3 Å². The number of aromatic nitrogens is 3. The third-order valence-electron chi connectivity index (χ3n) is 3.70. The molecule has 2 unspecified atom stereocenters. The van der Waals surface area contributed by atoms with Gasteiger partial charge < -0.3 is 10.0 Å². The van der Waals surface area contributed by atoms with E-state index in [9.17, 15) is 9.90 Å². The first-order valence-electron chi connectivity index (χ1n) is 6.99. The van der Waals surface area contributed by atoms with Crippen LogP contribution in [0, 0.1) is 0 Å². The molecule has 1 aromatic heterocycles. The highest BCUT2D eigenvalue weighted by atomic mass is 16.3. The summed E-state index contributed by atoms with van der Waals surface area (Å²) in [5.74, 6) is 0.0913. The fourth-order valence-electron chi connectivity index (χ4n) is 2.56. The summed E-state index contributed by atoms with van der Waals surface area (Å²) >= 11 is 0. The first-order valence-corrected chi connectivity index (χ1v) is 6.99. The maximum absolute atomic E-state index is 12.3. The molecule has 0 saturated carbocycles. The van der Waals surface area contributed by atoms with E-state index in [4.69, 9.17) is 0 Å². The molecular formula is C13H22N4O2. The topological polar surface area (TPSA) is 71.2 Å². The normalized spacial score (nSPS) is 21.4. The largest absolute Gasteiger partial charge is 0.387 e. The zero-order valence-electron chi connectivity index (χ0n) is 11.6. The molecule has 0 aromatic carbocycles. The summed E-state index contributed by atoms with van der Waals surface area (Å²) in [6.45, 7) is 4.80. The van der Waals surface area contributed by atoms with Gasteiger partial charge in [0.1, 0.15) is 12.2 Å². The molecular weight excluding hydrogens is 244 g/mol. The van der Waals surface area contributed by atoms with Crippen LogP contribution in [0.3, 0.4) is 0 Å². The third kappa shape index (κ3) is 3.32. The summed E-state index contributed by atoms with van der Waals surface area (Å²) in [5, 5.41) is 17.1. The number of piperidine rings is 1. The molecule has 0 bridgehead atoms. The number of amides is 1. The van der Waals surface area contributed by atoms with Crippen molar-refractivity contribution in [1.29, 1.82) is 0 Å². The van der Waals surface area contributed by atoms with Gasteiger partial charge in [-0.25, -0.2) is 4.68 Å². The molecule has 2 heterocycles. The van der Waals surface area contributed by atoms with Crippen LogP contribution in [-0.4, -0.2) is 43.5 Å². The molecule has 19 heavy (non-hydrogen) atoms. The molecule has 0 radical (unpaired) electrons. The van der Waals surface area contributed by atoms with E-state index in [1.54, 1.807) is 13.1 Å². The molecule has 6 heteroatoms. The Balaban J connectivity index is 1.99. The molecule has 2 atom stereocenters. The smallest absolute Gasteiger partial charge is 0.244 e. The molecule has 2 rings (SSSR count). The van der Waals surface area contributed by atoms with E-state index in [-0.39, 0.29) is 12.5 Å². The molecule has 106 valence electrons. The second-order valence-corrected chi connectivity index (χ2v) is 5.16. The van der Waals surface area contributed by atoms with Crippen molar-refractivity contribution in [2.45, 2.75) is 58.2 Å². The molecule has 1 amide bonds. The van der Waals surface area contributed by atoms with Gasteiger partial charge in [-0.3, -0.25) is 4.79 Å². The minimum Gasteiger partial charge on any atom is -0.387 e. The van der Waals surface area contributed by atoms with Gasteiger partial charge in [0.2, 0.25) is 5.91 Å². The van der Waals surface area contributed by atoms with Gasteiger partial charge in [-0.05, 0) is 32.6 Å². The van der Waals surface area contributed by atoms with Crippen molar-refractivity contribution >= 4 is 5.91 Å². The highest BCUT2D eigenvalue weighted by Crippen LogP contribution is 2.19. The highest BCUT2D eigenvalue weighted by molar-refractivity contribution is 5.76. The van der Waals surface area contributed by atoms with Gasteiger partial charge in [-0.15, -0.1) is 5.10 Å². The molecule has 1 aliphatic rings. The Kier molecular flexibility index (Phi) is 4.52. The average molecular weight is 266 g/mol. The first kappa shape index (κ1) is 14.0. The molecule has 0 spiro atoms. The second-order valence-electron chi connectivity index (χ2n) is 5.16. The number of nitrogens with zero attached hydrogens (tertiary/aromatic N) is 4. The van der Waals surface area contributed by atoms with E-state index in [1.165, 1.54) is 11.1 Å². The first-order chi connectivity index (χ1) is 9.11. The highest BCUT2D eigenvalue weighted by Gasteiger charge is 2.25. The summed E-state index contributed by atoms with van der Waals surface area (Å²) in [4.78, 5) is 14.3. The van der Waals surface area contributed by atoms with Crippen LogP contribution in [0.5, 0.6) is 0 Å². The van der Waals surface area contributed by atoms with Crippen LogP contribution in [0.25, 0.3) is 0 Å². The molecule has 0 aliphatic carbocycles. The predicted octanol–water partition coefficient (Wildman–Crippen LogP) is 1.12. The van der Waals surface area contributed by atoms with E-state index >= 15 is 0 Å². The van der Waals surface area contributed by atoms with Crippen molar-refractivity contribution in [3.63, 3.8) is 0 Å². The number of carbonyl (C=O) groups excluding carboxylic acids is 1. The number of carbonyl (C=O) groups is 1. The van der Waals surface area contributed by atoms with Gasteiger partial charge in [0, 0.05) is 12.6 Å². The zero-order chi connectivity index (χ0) is 13.8. The summed E-state index contributed by atoms with van der Waals surface area (Å²) < 4.78 is 1.51. The lowest BCUT2D eigenvalue weighted by Crippen LogP contribution is -2.44. The van der Waals surface area contributed by atoms with Crippen molar-refractivity contribution in [1.82, 2.24) is 19.9 Å². The molecule has 1 aliphatic heterocycles.